The first-order valence-electron chi connectivity index (χ1n) is 9.34. The molecule has 0 N–H and O–H groups in total. The molecule has 1 aromatic heterocycles. The maximum absolute atomic E-state index is 12.9. The van der Waals surface area contributed by atoms with Crippen LogP contribution in [0.5, 0.6) is 0 Å². The number of benzene rings is 2. The summed E-state index contributed by atoms with van der Waals surface area (Å²) >= 11 is 1.37. The van der Waals surface area contributed by atoms with Gasteiger partial charge in [0, 0.05) is 5.56 Å². The van der Waals surface area contributed by atoms with Gasteiger partial charge in [0.25, 0.3) is 0 Å². The zero-order valence-corrected chi connectivity index (χ0v) is 18.0. The molecule has 0 aliphatic rings. The van der Waals surface area contributed by atoms with Crippen LogP contribution in [0, 0.1) is 13.8 Å². The molecule has 1 atom stereocenters. The van der Waals surface area contributed by atoms with E-state index in [2.05, 4.69) is 49.3 Å². The number of hydrogen-bond donors (Lipinski definition) is 0. The van der Waals surface area contributed by atoms with Gasteiger partial charge in [-0.1, -0.05) is 74.5 Å². The highest BCUT2D eigenvalue weighted by Crippen LogP contribution is 2.28. The number of carbonyl (C=O) groups is 1. The first kappa shape index (κ1) is 20.3. The van der Waals surface area contributed by atoms with Gasteiger partial charge in [-0.05, 0) is 53.8 Å². The molecule has 0 aliphatic heterocycles. The molecule has 0 fully saturated rings. The first-order chi connectivity index (χ1) is 13.2. The predicted molar refractivity (Wildman–Crippen MR) is 113 cm³/mol. The van der Waals surface area contributed by atoms with Crippen LogP contribution in [0.25, 0.3) is 5.69 Å². The second-order valence-electron chi connectivity index (χ2n) is 8.11. The zero-order chi connectivity index (χ0) is 20.5. The van der Waals surface area contributed by atoms with Crippen LogP contribution in [-0.2, 0) is 5.41 Å². The number of ketones is 1. The van der Waals surface area contributed by atoms with E-state index in [-0.39, 0.29) is 16.4 Å². The maximum Gasteiger partial charge on any atom is 0.214 e. The van der Waals surface area contributed by atoms with E-state index in [0.29, 0.717) is 10.7 Å². The molecule has 0 bridgehead atoms. The van der Waals surface area contributed by atoms with E-state index in [4.69, 9.17) is 0 Å². The molecule has 0 saturated carbocycles. The maximum atomic E-state index is 12.9. The van der Waals surface area contributed by atoms with Crippen molar-refractivity contribution >= 4 is 17.5 Å². The van der Waals surface area contributed by atoms with Crippen molar-refractivity contribution in [1.29, 1.82) is 0 Å². The van der Waals surface area contributed by atoms with Gasteiger partial charge in [0.05, 0.1) is 10.9 Å². The number of aryl methyl sites for hydroxylation is 2. The highest BCUT2D eigenvalue weighted by atomic mass is 32.2. The summed E-state index contributed by atoms with van der Waals surface area (Å²) < 4.78 is 1.70. The SMILES string of the molecule is Cc1ccc(-n2nnnc2SC(C)C(=O)c2ccc(C(C)(C)C)cc2)c(C)c1. The van der Waals surface area contributed by atoms with Gasteiger partial charge in [-0.3, -0.25) is 4.79 Å². The highest BCUT2D eigenvalue weighted by molar-refractivity contribution is 8.00. The highest BCUT2D eigenvalue weighted by Gasteiger charge is 2.22. The van der Waals surface area contributed by atoms with Gasteiger partial charge in [-0.15, -0.1) is 5.10 Å². The Morgan fingerprint density at radius 2 is 1.75 bits per heavy atom. The van der Waals surface area contributed by atoms with Crippen LogP contribution in [0.3, 0.4) is 0 Å². The van der Waals surface area contributed by atoms with Crippen LogP contribution in [0.15, 0.2) is 47.6 Å². The van der Waals surface area contributed by atoms with Crippen molar-refractivity contribution in [1.82, 2.24) is 20.2 Å². The summed E-state index contributed by atoms with van der Waals surface area (Å²) in [5.74, 6) is 0.0700. The number of aromatic nitrogens is 4. The lowest BCUT2D eigenvalue weighted by Gasteiger charge is -2.19. The van der Waals surface area contributed by atoms with Gasteiger partial charge in [-0.2, -0.15) is 4.68 Å². The molecule has 1 heterocycles. The van der Waals surface area contributed by atoms with Crippen LogP contribution in [0.4, 0.5) is 0 Å². The Bertz CT molecular complexity index is 987. The zero-order valence-electron chi connectivity index (χ0n) is 17.2. The third-order valence-corrected chi connectivity index (χ3v) is 5.74. The smallest absolute Gasteiger partial charge is 0.214 e. The molecule has 1 unspecified atom stereocenters. The summed E-state index contributed by atoms with van der Waals surface area (Å²) in [5.41, 5.74) is 5.18. The lowest BCUT2D eigenvalue weighted by Crippen LogP contribution is -2.16. The molecule has 3 aromatic rings. The molecule has 146 valence electrons. The van der Waals surface area contributed by atoms with Crippen LogP contribution >= 0.6 is 11.8 Å². The van der Waals surface area contributed by atoms with Crippen molar-refractivity contribution in [3.63, 3.8) is 0 Å². The van der Waals surface area contributed by atoms with Crippen LogP contribution in [0.1, 0.15) is 54.7 Å². The quantitative estimate of drug-likeness (QED) is 0.453. The standard InChI is InChI=1S/C22H26N4OS/c1-14-7-12-19(15(2)13-14)26-21(23-24-25-26)28-16(3)20(27)17-8-10-18(11-9-17)22(4,5)6/h7-13,16H,1-6H3. The molecule has 0 spiro atoms. The number of rotatable bonds is 5. The summed E-state index contributed by atoms with van der Waals surface area (Å²) in [6.07, 6.45) is 0. The Hall–Kier alpha value is -2.47. The number of Topliss-reactive ketones (excluding diaryl/α,β-unsaturated/α-hetero) is 1. The summed E-state index contributed by atoms with van der Waals surface area (Å²) in [6.45, 7) is 12.5. The molecule has 0 radical (unpaired) electrons. The minimum atomic E-state index is -0.295. The van der Waals surface area contributed by atoms with Crippen LogP contribution < -0.4 is 0 Å². The summed E-state index contributed by atoms with van der Waals surface area (Å²) in [4.78, 5) is 12.9. The molecule has 3 rings (SSSR count). The van der Waals surface area contributed by atoms with Crippen molar-refractivity contribution in [3.8, 4) is 5.69 Å². The Balaban J connectivity index is 1.79. The van der Waals surface area contributed by atoms with E-state index in [1.54, 1.807) is 4.68 Å². The Morgan fingerprint density at radius 1 is 1.07 bits per heavy atom. The number of hydrogen-bond acceptors (Lipinski definition) is 5. The third-order valence-electron chi connectivity index (χ3n) is 4.71. The van der Waals surface area contributed by atoms with Gasteiger partial charge >= 0.3 is 0 Å². The minimum Gasteiger partial charge on any atom is -0.293 e. The number of nitrogens with zero attached hydrogens (tertiary/aromatic N) is 4. The normalized spacial score (nSPS) is 12.8. The number of tetrazole rings is 1. The van der Waals surface area contributed by atoms with E-state index in [9.17, 15) is 4.79 Å². The minimum absolute atomic E-state index is 0.0654. The van der Waals surface area contributed by atoms with E-state index in [1.807, 2.05) is 50.2 Å². The van der Waals surface area contributed by atoms with Crippen molar-refractivity contribution in [2.45, 2.75) is 57.4 Å². The number of thioether (sulfide) groups is 1. The molecule has 0 aliphatic carbocycles. The van der Waals surface area contributed by atoms with Crippen molar-refractivity contribution in [2.24, 2.45) is 0 Å². The lowest BCUT2D eigenvalue weighted by atomic mass is 9.86. The summed E-state index contributed by atoms with van der Waals surface area (Å²) in [7, 11) is 0. The molecule has 5 nitrogen and oxygen atoms in total. The largest absolute Gasteiger partial charge is 0.293 e. The molecular weight excluding hydrogens is 368 g/mol. The van der Waals surface area contributed by atoms with Crippen LogP contribution in [-0.4, -0.2) is 31.2 Å². The second kappa shape index (κ2) is 7.87. The topological polar surface area (TPSA) is 60.7 Å². The molecule has 0 amide bonds. The van der Waals surface area contributed by atoms with Gasteiger partial charge in [0.2, 0.25) is 5.16 Å². The van der Waals surface area contributed by atoms with Crippen molar-refractivity contribution in [2.75, 3.05) is 0 Å². The van der Waals surface area contributed by atoms with Crippen molar-refractivity contribution < 1.29 is 4.79 Å². The fraction of sp³-hybridized carbons (Fsp3) is 0.364. The predicted octanol–water partition coefficient (Wildman–Crippen LogP) is 4.94. The molecular formula is C22H26N4OS. The Kier molecular flexibility index (Phi) is 5.70. The van der Waals surface area contributed by atoms with Crippen molar-refractivity contribution in [3.05, 3.63) is 64.7 Å². The molecule has 0 saturated heterocycles. The first-order valence-corrected chi connectivity index (χ1v) is 10.2. The molecule has 28 heavy (non-hydrogen) atoms. The average molecular weight is 395 g/mol. The van der Waals surface area contributed by atoms with E-state index >= 15 is 0 Å². The average Bonchev–Trinajstić information content (AvgIpc) is 3.08. The Morgan fingerprint density at radius 3 is 2.36 bits per heavy atom. The number of carbonyl (C=O) groups excluding carboxylic acids is 1. The third kappa shape index (κ3) is 4.33. The Labute approximate surface area is 170 Å². The van der Waals surface area contributed by atoms with Gasteiger partial charge in [-0.25, -0.2) is 0 Å². The fourth-order valence-electron chi connectivity index (χ4n) is 3.03. The van der Waals surface area contributed by atoms with E-state index < -0.39 is 0 Å². The summed E-state index contributed by atoms with van der Waals surface area (Å²) in [5, 5.41) is 12.4. The monoisotopic (exact) mass is 394 g/mol. The lowest BCUT2D eigenvalue weighted by molar-refractivity contribution is 0.0994. The van der Waals surface area contributed by atoms with E-state index in [1.165, 1.54) is 22.9 Å². The van der Waals surface area contributed by atoms with Crippen LogP contribution in [0.2, 0.25) is 0 Å². The van der Waals surface area contributed by atoms with Gasteiger partial charge in [0.1, 0.15) is 0 Å². The molecule has 6 heteroatoms. The fourth-order valence-corrected chi connectivity index (χ4v) is 3.91. The molecule has 2 aromatic carbocycles. The second-order valence-corrected chi connectivity index (χ2v) is 9.42. The van der Waals surface area contributed by atoms with E-state index in [0.717, 1.165) is 11.3 Å². The summed E-state index contributed by atoms with van der Waals surface area (Å²) in [6, 6.07) is 14.0. The van der Waals surface area contributed by atoms with Gasteiger partial charge in [0.15, 0.2) is 5.78 Å². The van der Waals surface area contributed by atoms with Gasteiger partial charge < -0.3 is 0 Å².